The number of nitro groups is 1. The maximum absolute atomic E-state index is 10.7. The van der Waals surface area contributed by atoms with Crippen molar-refractivity contribution in [1.29, 1.82) is 0 Å². The van der Waals surface area contributed by atoms with Gasteiger partial charge in [-0.2, -0.15) is 4.98 Å². The first-order chi connectivity index (χ1) is 10.1. The molecular formula is C13H12N4O3S. The molecule has 1 N–H and O–H groups in total. The SMILES string of the molecule is Cc1nc(CCNc2nc3cc([N+](=O)[O-])ccc3o2)cs1. The predicted octanol–water partition coefficient (Wildman–Crippen LogP) is 3.16. The van der Waals surface area contributed by atoms with E-state index >= 15 is 0 Å². The molecule has 0 fully saturated rings. The van der Waals surface area contributed by atoms with Crippen LogP contribution in [0.3, 0.4) is 0 Å². The molecule has 3 rings (SSSR count). The fourth-order valence-corrected chi connectivity index (χ4v) is 2.57. The zero-order chi connectivity index (χ0) is 14.8. The highest BCUT2D eigenvalue weighted by molar-refractivity contribution is 7.09. The summed E-state index contributed by atoms with van der Waals surface area (Å²) in [5, 5.41) is 16.8. The summed E-state index contributed by atoms with van der Waals surface area (Å²) >= 11 is 1.62. The van der Waals surface area contributed by atoms with Gasteiger partial charge in [-0.15, -0.1) is 11.3 Å². The van der Waals surface area contributed by atoms with Gasteiger partial charge in [-0.25, -0.2) is 4.98 Å². The fourth-order valence-electron chi connectivity index (χ4n) is 1.93. The normalized spacial score (nSPS) is 10.9. The van der Waals surface area contributed by atoms with Gasteiger partial charge in [-0.3, -0.25) is 10.1 Å². The molecule has 0 aliphatic carbocycles. The zero-order valence-electron chi connectivity index (χ0n) is 11.2. The van der Waals surface area contributed by atoms with E-state index in [-0.39, 0.29) is 5.69 Å². The predicted molar refractivity (Wildman–Crippen MR) is 79.7 cm³/mol. The summed E-state index contributed by atoms with van der Waals surface area (Å²) < 4.78 is 5.48. The number of aryl methyl sites for hydroxylation is 1. The number of oxazole rings is 1. The lowest BCUT2D eigenvalue weighted by atomic mass is 10.3. The lowest BCUT2D eigenvalue weighted by Crippen LogP contribution is -2.05. The summed E-state index contributed by atoms with van der Waals surface area (Å²) in [7, 11) is 0. The van der Waals surface area contributed by atoms with Crippen molar-refractivity contribution in [3.05, 3.63) is 44.4 Å². The van der Waals surface area contributed by atoms with Crippen molar-refractivity contribution >= 4 is 34.1 Å². The molecule has 0 atom stereocenters. The average Bonchev–Trinajstić information content (AvgIpc) is 3.03. The lowest BCUT2D eigenvalue weighted by Gasteiger charge is -1.98. The van der Waals surface area contributed by atoms with Crippen LogP contribution in [-0.4, -0.2) is 21.4 Å². The summed E-state index contributed by atoms with van der Waals surface area (Å²) in [5.41, 5.74) is 2.01. The van der Waals surface area contributed by atoms with Crippen LogP contribution in [0, 0.1) is 17.0 Å². The van der Waals surface area contributed by atoms with E-state index < -0.39 is 4.92 Å². The van der Waals surface area contributed by atoms with Gasteiger partial charge in [0.2, 0.25) is 0 Å². The van der Waals surface area contributed by atoms with Gasteiger partial charge in [-0.1, -0.05) is 0 Å². The molecule has 0 amide bonds. The van der Waals surface area contributed by atoms with Crippen molar-refractivity contribution in [3.8, 4) is 0 Å². The van der Waals surface area contributed by atoms with Gasteiger partial charge in [-0.05, 0) is 13.0 Å². The minimum Gasteiger partial charge on any atom is -0.424 e. The van der Waals surface area contributed by atoms with Crippen LogP contribution >= 0.6 is 11.3 Å². The van der Waals surface area contributed by atoms with Crippen molar-refractivity contribution in [2.45, 2.75) is 13.3 Å². The van der Waals surface area contributed by atoms with E-state index in [2.05, 4.69) is 15.3 Å². The van der Waals surface area contributed by atoms with Gasteiger partial charge in [0.05, 0.1) is 15.6 Å². The number of nitrogens with one attached hydrogen (secondary N) is 1. The summed E-state index contributed by atoms with van der Waals surface area (Å²) in [6.45, 7) is 2.60. The highest BCUT2D eigenvalue weighted by Gasteiger charge is 2.11. The van der Waals surface area contributed by atoms with Crippen molar-refractivity contribution in [3.63, 3.8) is 0 Å². The number of fused-ring (bicyclic) bond motifs is 1. The Hall–Kier alpha value is -2.48. The van der Waals surface area contributed by atoms with Crippen molar-refractivity contribution < 1.29 is 9.34 Å². The molecule has 8 heteroatoms. The Balaban J connectivity index is 1.68. The number of aromatic nitrogens is 2. The molecule has 0 aliphatic rings. The minimum atomic E-state index is -0.453. The van der Waals surface area contributed by atoms with Crippen molar-refractivity contribution in [2.24, 2.45) is 0 Å². The van der Waals surface area contributed by atoms with Crippen LogP contribution in [-0.2, 0) is 6.42 Å². The van der Waals surface area contributed by atoms with E-state index in [4.69, 9.17) is 4.42 Å². The van der Waals surface area contributed by atoms with Crippen LogP contribution in [0.1, 0.15) is 10.7 Å². The van der Waals surface area contributed by atoms with Gasteiger partial charge in [0.15, 0.2) is 5.58 Å². The third-order valence-corrected chi connectivity index (χ3v) is 3.73. The molecule has 3 aromatic rings. The first-order valence-corrected chi connectivity index (χ1v) is 7.19. The number of non-ortho nitro benzene ring substituents is 1. The number of hydrogen-bond acceptors (Lipinski definition) is 7. The Morgan fingerprint density at radius 2 is 2.29 bits per heavy atom. The van der Waals surface area contributed by atoms with Crippen LogP contribution in [0.5, 0.6) is 0 Å². The molecule has 0 saturated carbocycles. The zero-order valence-corrected chi connectivity index (χ0v) is 12.0. The Morgan fingerprint density at radius 1 is 1.43 bits per heavy atom. The van der Waals surface area contributed by atoms with Gasteiger partial charge in [0.25, 0.3) is 11.7 Å². The Bertz CT molecular complexity index is 796. The second-order valence-corrected chi connectivity index (χ2v) is 5.53. The Kier molecular flexibility index (Phi) is 3.53. The maximum Gasteiger partial charge on any atom is 0.295 e. The summed E-state index contributed by atoms with van der Waals surface area (Å²) in [4.78, 5) is 18.8. The molecule has 0 bridgehead atoms. The van der Waals surface area contributed by atoms with E-state index in [0.29, 0.717) is 23.7 Å². The third-order valence-electron chi connectivity index (χ3n) is 2.91. The standard InChI is InChI=1S/C13H12N4O3S/c1-8-15-9(7-21-8)4-5-14-13-16-11-6-10(17(18)19)2-3-12(11)20-13/h2-3,6-7H,4-5H2,1H3,(H,14,16). The number of thiazole rings is 1. The lowest BCUT2D eigenvalue weighted by molar-refractivity contribution is -0.384. The monoisotopic (exact) mass is 304 g/mol. The van der Waals surface area contributed by atoms with E-state index in [1.54, 1.807) is 17.4 Å². The molecule has 21 heavy (non-hydrogen) atoms. The van der Waals surface area contributed by atoms with Crippen LogP contribution < -0.4 is 5.32 Å². The number of nitro benzene ring substituents is 1. The Morgan fingerprint density at radius 3 is 3.00 bits per heavy atom. The highest BCUT2D eigenvalue weighted by Crippen LogP contribution is 2.23. The Labute approximate surface area is 123 Å². The minimum absolute atomic E-state index is 0.000276. The summed E-state index contributed by atoms with van der Waals surface area (Å²) in [6.07, 6.45) is 0.767. The first kappa shape index (κ1) is 13.5. The fraction of sp³-hybridized carbons (Fsp3) is 0.231. The number of hydrogen-bond donors (Lipinski definition) is 1. The topological polar surface area (TPSA) is 94.1 Å². The molecule has 7 nitrogen and oxygen atoms in total. The number of nitrogens with zero attached hydrogens (tertiary/aromatic N) is 3. The van der Waals surface area contributed by atoms with E-state index in [9.17, 15) is 10.1 Å². The number of benzene rings is 1. The van der Waals surface area contributed by atoms with Gasteiger partial charge >= 0.3 is 0 Å². The number of rotatable bonds is 5. The highest BCUT2D eigenvalue weighted by atomic mass is 32.1. The molecule has 0 unspecified atom stereocenters. The van der Waals surface area contributed by atoms with Crippen molar-refractivity contribution in [2.75, 3.05) is 11.9 Å². The molecule has 2 aromatic heterocycles. The summed E-state index contributed by atoms with van der Waals surface area (Å²) in [6, 6.07) is 4.70. The van der Waals surface area contributed by atoms with E-state index in [1.165, 1.54) is 12.1 Å². The molecule has 2 heterocycles. The molecule has 0 saturated heterocycles. The first-order valence-electron chi connectivity index (χ1n) is 6.32. The van der Waals surface area contributed by atoms with Crippen LogP contribution in [0.15, 0.2) is 28.0 Å². The molecule has 1 aromatic carbocycles. The summed E-state index contributed by atoms with van der Waals surface area (Å²) in [5.74, 6) is 0. The molecular weight excluding hydrogens is 292 g/mol. The number of anilines is 1. The second-order valence-electron chi connectivity index (χ2n) is 4.46. The smallest absolute Gasteiger partial charge is 0.295 e. The molecule has 108 valence electrons. The molecule has 0 aliphatic heterocycles. The third kappa shape index (κ3) is 3.00. The largest absolute Gasteiger partial charge is 0.424 e. The van der Waals surface area contributed by atoms with Gasteiger partial charge in [0.1, 0.15) is 5.52 Å². The quantitative estimate of drug-likeness (QED) is 0.574. The van der Waals surface area contributed by atoms with Gasteiger partial charge in [0, 0.05) is 30.5 Å². The van der Waals surface area contributed by atoms with E-state index in [0.717, 1.165) is 17.1 Å². The van der Waals surface area contributed by atoms with Crippen molar-refractivity contribution in [1.82, 2.24) is 9.97 Å². The molecule has 0 spiro atoms. The van der Waals surface area contributed by atoms with Crippen LogP contribution in [0.25, 0.3) is 11.1 Å². The average molecular weight is 304 g/mol. The molecule has 0 radical (unpaired) electrons. The van der Waals surface area contributed by atoms with E-state index in [1.807, 2.05) is 12.3 Å². The van der Waals surface area contributed by atoms with Gasteiger partial charge < -0.3 is 9.73 Å². The maximum atomic E-state index is 10.7. The van der Waals surface area contributed by atoms with Crippen LogP contribution in [0.2, 0.25) is 0 Å². The van der Waals surface area contributed by atoms with Crippen LogP contribution in [0.4, 0.5) is 11.7 Å². The second kappa shape index (κ2) is 5.49.